The summed E-state index contributed by atoms with van der Waals surface area (Å²) in [6.45, 7) is 0.363. The van der Waals surface area contributed by atoms with Crippen molar-refractivity contribution < 1.29 is 19.0 Å². The Morgan fingerprint density at radius 1 is 0.968 bits per heavy atom. The Labute approximate surface area is 184 Å². The molecule has 0 saturated heterocycles. The lowest BCUT2D eigenvalue weighted by molar-refractivity contribution is 0.102. The number of anilines is 1. The van der Waals surface area contributed by atoms with Crippen LogP contribution in [-0.4, -0.2) is 18.0 Å². The van der Waals surface area contributed by atoms with Gasteiger partial charge < -0.3 is 19.5 Å². The molecule has 3 aromatic carbocycles. The number of rotatable bonds is 8. The molecule has 0 unspecified atom stereocenters. The van der Waals surface area contributed by atoms with Crippen LogP contribution >= 0.6 is 11.3 Å². The van der Waals surface area contributed by atoms with Crippen LogP contribution in [0.2, 0.25) is 0 Å². The van der Waals surface area contributed by atoms with Gasteiger partial charge in [-0.25, -0.2) is 4.98 Å². The van der Waals surface area contributed by atoms with E-state index in [1.807, 2.05) is 35.7 Å². The van der Waals surface area contributed by atoms with Crippen LogP contribution in [0.15, 0.2) is 83.7 Å². The van der Waals surface area contributed by atoms with Gasteiger partial charge in [0.1, 0.15) is 18.1 Å². The molecule has 0 spiro atoms. The van der Waals surface area contributed by atoms with E-state index in [1.54, 1.807) is 55.1 Å². The summed E-state index contributed by atoms with van der Waals surface area (Å²) in [6, 6.07) is 21.6. The minimum Gasteiger partial charge on any atom is -0.493 e. The molecule has 0 fully saturated rings. The van der Waals surface area contributed by atoms with Crippen LogP contribution in [0.3, 0.4) is 0 Å². The lowest BCUT2D eigenvalue weighted by atomic mass is 10.2. The second-order valence-corrected chi connectivity index (χ2v) is 7.25. The molecular weight excluding hydrogens is 412 g/mol. The van der Waals surface area contributed by atoms with Crippen LogP contribution < -0.4 is 19.5 Å². The summed E-state index contributed by atoms with van der Waals surface area (Å²) >= 11 is 1.52. The Morgan fingerprint density at radius 2 is 1.77 bits per heavy atom. The molecule has 0 aliphatic carbocycles. The van der Waals surface area contributed by atoms with Crippen molar-refractivity contribution in [1.29, 1.82) is 0 Å². The van der Waals surface area contributed by atoms with Crippen molar-refractivity contribution in [1.82, 2.24) is 4.98 Å². The normalized spacial score (nSPS) is 10.4. The highest BCUT2D eigenvalue weighted by Crippen LogP contribution is 2.31. The zero-order valence-electron chi connectivity index (χ0n) is 16.8. The minimum atomic E-state index is -0.225. The van der Waals surface area contributed by atoms with Crippen LogP contribution in [-0.2, 0) is 6.61 Å². The third-order valence-corrected chi connectivity index (χ3v) is 5.01. The van der Waals surface area contributed by atoms with Crippen molar-refractivity contribution in [3.05, 3.63) is 94.9 Å². The number of nitrogens with zero attached hydrogens (tertiary/aromatic N) is 1. The molecule has 156 valence electrons. The first-order chi connectivity index (χ1) is 15.2. The number of hydrogen-bond donors (Lipinski definition) is 1. The molecule has 0 radical (unpaired) electrons. The summed E-state index contributed by atoms with van der Waals surface area (Å²) in [5.74, 6) is 2.30. The first-order valence-electron chi connectivity index (χ1n) is 9.53. The SMILES string of the molecule is COc1ccccc1Oc1ccc(NC(=O)c2cccc(OCc3cscn3)c2)cc1. The van der Waals surface area contributed by atoms with Crippen LogP contribution in [0, 0.1) is 0 Å². The van der Waals surface area contributed by atoms with Gasteiger partial charge in [0.25, 0.3) is 5.91 Å². The zero-order chi connectivity index (χ0) is 21.5. The quantitative estimate of drug-likeness (QED) is 0.382. The van der Waals surface area contributed by atoms with Gasteiger partial charge in [0.2, 0.25) is 0 Å². The van der Waals surface area contributed by atoms with Gasteiger partial charge in [-0.1, -0.05) is 18.2 Å². The molecule has 1 N–H and O–H groups in total. The molecule has 1 heterocycles. The number of aromatic nitrogens is 1. The highest BCUT2D eigenvalue weighted by molar-refractivity contribution is 7.07. The Bertz CT molecular complexity index is 1140. The molecule has 1 aromatic heterocycles. The number of para-hydroxylation sites is 2. The fourth-order valence-electron chi connectivity index (χ4n) is 2.83. The molecule has 1 amide bonds. The number of nitrogens with one attached hydrogen (secondary N) is 1. The van der Waals surface area contributed by atoms with Gasteiger partial charge in [0.05, 0.1) is 18.3 Å². The van der Waals surface area contributed by atoms with E-state index in [2.05, 4.69) is 10.3 Å². The number of carbonyl (C=O) groups is 1. The monoisotopic (exact) mass is 432 g/mol. The third-order valence-electron chi connectivity index (χ3n) is 4.38. The predicted octanol–water partition coefficient (Wildman–Crippen LogP) is 5.78. The van der Waals surface area contributed by atoms with Crippen LogP contribution in [0.25, 0.3) is 0 Å². The van der Waals surface area contributed by atoms with Crippen molar-refractivity contribution in [2.24, 2.45) is 0 Å². The molecular formula is C24H20N2O4S. The molecule has 7 heteroatoms. The molecule has 31 heavy (non-hydrogen) atoms. The number of thiazole rings is 1. The van der Waals surface area contributed by atoms with Crippen molar-refractivity contribution in [2.45, 2.75) is 6.61 Å². The lowest BCUT2D eigenvalue weighted by Gasteiger charge is -2.11. The number of carbonyl (C=O) groups excluding carboxylic acids is 1. The molecule has 6 nitrogen and oxygen atoms in total. The summed E-state index contributed by atoms with van der Waals surface area (Å²) < 4.78 is 16.9. The van der Waals surface area contributed by atoms with E-state index in [0.717, 1.165) is 5.69 Å². The van der Waals surface area contributed by atoms with Crippen molar-refractivity contribution in [3.8, 4) is 23.0 Å². The van der Waals surface area contributed by atoms with Gasteiger partial charge in [-0.3, -0.25) is 4.79 Å². The zero-order valence-corrected chi connectivity index (χ0v) is 17.6. The maximum absolute atomic E-state index is 12.6. The average Bonchev–Trinajstić information content (AvgIpc) is 3.33. The Balaban J connectivity index is 1.38. The first kappa shape index (κ1) is 20.4. The number of ether oxygens (including phenoxy) is 3. The standard InChI is InChI=1S/C24H20N2O4S/c1-28-22-7-2-3-8-23(22)30-20-11-9-18(10-12-20)26-24(27)17-5-4-6-21(13-17)29-14-19-15-31-16-25-19/h2-13,15-16H,14H2,1H3,(H,26,27). The molecule has 0 saturated carbocycles. The number of hydrogen-bond acceptors (Lipinski definition) is 6. The van der Waals surface area contributed by atoms with E-state index in [1.165, 1.54) is 11.3 Å². The smallest absolute Gasteiger partial charge is 0.255 e. The third kappa shape index (κ3) is 5.40. The minimum absolute atomic E-state index is 0.225. The Kier molecular flexibility index (Phi) is 6.44. The number of benzene rings is 3. The fourth-order valence-corrected chi connectivity index (χ4v) is 3.38. The van der Waals surface area contributed by atoms with Gasteiger partial charge in [0, 0.05) is 16.6 Å². The van der Waals surface area contributed by atoms with E-state index in [4.69, 9.17) is 14.2 Å². The maximum atomic E-state index is 12.6. The molecule has 0 bridgehead atoms. The van der Waals surface area contributed by atoms with Gasteiger partial charge in [-0.15, -0.1) is 11.3 Å². The summed E-state index contributed by atoms with van der Waals surface area (Å²) in [5.41, 5.74) is 3.78. The van der Waals surface area contributed by atoms with Crippen LogP contribution in [0.4, 0.5) is 5.69 Å². The highest BCUT2D eigenvalue weighted by atomic mass is 32.1. The Morgan fingerprint density at radius 3 is 2.52 bits per heavy atom. The first-order valence-corrected chi connectivity index (χ1v) is 10.5. The maximum Gasteiger partial charge on any atom is 0.255 e. The van der Waals surface area contributed by atoms with Crippen molar-refractivity contribution in [3.63, 3.8) is 0 Å². The largest absolute Gasteiger partial charge is 0.493 e. The molecule has 4 aromatic rings. The highest BCUT2D eigenvalue weighted by Gasteiger charge is 2.09. The summed E-state index contributed by atoms with van der Waals surface area (Å²) in [4.78, 5) is 16.8. The average molecular weight is 433 g/mol. The van der Waals surface area contributed by atoms with E-state index in [0.29, 0.717) is 40.9 Å². The van der Waals surface area contributed by atoms with E-state index in [9.17, 15) is 4.79 Å². The van der Waals surface area contributed by atoms with Crippen molar-refractivity contribution in [2.75, 3.05) is 12.4 Å². The second kappa shape index (κ2) is 9.77. The van der Waals surface area contributed by atoms with Gasteiger partial charge in [-0.05, 0) is 54.6 Å². The lowest BCUT2D eigenvalue weighted by Crippen LogP contribution is -2.11. The second-order valence-electron chi connectivity index (χ2n) is 6.53. The van der Waals surface area contributed by atoms with Gasteiger partial charge >= 0.3 is 0 Å². The van der Waals surface area contributed by atoms with E-state index < -0.39 is 0 Å². The van der Waals surface area contributed by atoms with Gasteiger partial charge in [-0.2, -0.15) is 0 Å². The van der Waals surface area contributed by atoms with Crippen molar-refractivity contribution >= 4 is 22.9 Å². The topological polar surface area (TPSA) is 69.7 Å². The molecule has 4 rings (SSSR count). The Hall–Kier alpha value is -3.84. The predicted molar refractivity (Wildman–Crippen MR) is 120 cm³/mol. The molecule has 0 aliphatic rings. The van der Waals surface area contributed by atoms with Gasteiger partial charge in [0.15, 0.2) is 11.5 Å². The summed E-state index contributed by atoms with van der Waals surface area (Å²) in [6.07, 6.45) is 0. The van der Waals surface area contributed by atoms with Crippen LogP contribution in [0.1, 0.15) is 16.1 Å². The number of amides is 1. The molecule has 0 aliphatic heterocycles. The fraction of sp³-hybridized carbons (Fsp3) is 0.0833. The van der Waals surface area contributed by atoms with E-state index >= 15 is 0 Å². The number of methoxy groups -OCH3 is 1. The summed E-state index contributed by atoms with van der Waals surface area (Å²) in [7, 11) is 1.60. The molecule has 0 atom stereocenters. The van der Waals surface area contributed by atoms with Crippen LogP contribution in [0.5, 0.6) is 23.0 Å². The van der Waals surface area contributed by atoms with E-state index in [-0.39, 0.29) is 5.91 Å². The summed E-state index contributed by atoms with van der Waals surface area (Å²) in [5, 5.41) is 4.81.